The number of hydrogen-bond donors (Lipinski definition) is 1. The summed E-state index contributed by atoms with van der Waals surface area (Å²) < 4.78 is 0. The van der Waals surface area contributed by atoms with Gasteiger partial charge in [0.1, 0.15) is 5.15 Å². The molecule has 0 aliphatic rings. The van der Waals surface area contributed by atoms with Gasteiger partial charge < -0.3 is 5.32 Å². The van der Waals surface area contributed by atoms with E-state index in [1.54, 1.807) is 0 Å². The minimum absolute atomic E-state index is 0.232. The molecule has 0 atom stereocenters. The van der Waals surface area contributed by atoms with Crippen molar-refractivity contribution in [3.05, 3.63) is 57.3 Å². The molecule has 0 spiro atoms. The van der Waals surface area contributed by atoms with E-state index >= 15 is 0 Å². The summed E-state index contributed by atoms with van der Waals surface area (Å²) in [7, 11) is 0. The van der Waals surface area contributed by atoms with Crippen LogP contribution in [-0.4, -0.2) is 10.9 Å². The number of pyridine rings is 1. The molecule has 1 heterocycles. The zero-order valence-corrected chi connectivity index (χ0v) is 12.0. The molecular formula is C14H12Cl2N2O. The molecular weight excluding hydrogens is 283 g/mol. The molecule has 2 rings (SSSR count). The van der Waals surface area contributed by atoms with Crippen LogP contribution in [0, 0.1) is 13.8 Å². The molecule has 0 saturated heterocycles. The fraction of sp³-hybridized carbons (Fsp3) is 0.143. The van der Waals surface area contributed by atoms with Gasteiger partial charge in [0.05, 0.1) is 10.6 Å². The van der Waals surface area contributed by atoms with Crippen LogP contribution < -0.4 is 5.32 Å². The standard InChI is InChI=1S/C14H12Cl2N2O/c1-8-4-3-5-12(9(8)2)18-14(19)10-6-13(16)17-7-11(10)15/h3-7H,1-2H3,(H,18,19). The van der Waals surface area contributed by atoms with E-state index in [9.17, 15) is 4.79 Å². The predicted octanol–water partition coefficient (Wildman–Crippen LogP) is 4.26. The molecule has 19 heavy (non-hydrogen) atoms. The number of carbonyl (C=O) groups is 1. The fourth-order valence-electron chi connectivity index (χ4n) is 1.66. The first-order chi connectivity index (χ1) is 8.99. The Bertz CT molecular complexity index is 641. The number of anilines is 1. The van der Waals surface area contributed by atoms with Crippen LogP contribution in [0.5, 0.6) is 0 Å². The second-order valence-corrected chi connectivity index (χ2v) is 4.98. The first-order valence-corrected chi connectivity index (χ1v) is 6.43. The van der Waals surface area contributed by atoms with Crippen LogP contribution in [0.2, 0.25) is 10.2 Å². The van der Waals surface area contributed by atoms with Crippen LogP contribution in [-0.2, 0) is 0 Å². The zero-order valence-electron chi connectivity index (χ0n) is 10.5. The Morgan fingerprint density at radius 1 is 1.26 bits per heavy atom. The largest absolute Gasteiger partial charge is 0.322 e. The van der Waals surface area contributed by atoms with Crippen LogP contribution in [0.15, 0.2) is 30.5 Å². The SMILES string of the molecule is Cc1cccc(NC(=O)c2cc(Cl)ncc2Cl)c1C. The molecule has 98 valence electrons. The quantitative estimate of drug-likeness (QED) is 0.841. The third-order valence-electron chi connectivity index (χ3n) is 2.92. The van der Waals surface area contributed by atoms with Gasteiger partial charge in [-0.1, -0.05) is 35.3 Å². The smallest absolute Gasteiger partial charge is 0.257 e. The Morgan fingerprint density at radius 3 is 2.74 bits per heavy atom. The van der Waals surface area contributed by atoms with Gasteiger partial charge in [-0.2, -0.15) is 0 Å². The lowest BCUT2D eigenvalue weighted by molar-refractivity contribution is 0.102. The number of amides is 1. The number of rotatable bonds is 2. The topological polar surface area (TPSA) is 42.0 Å². The van der Waals surface area contributed by atoms with Crippen LogP contribution in [0.4, 0.5) is 5.69 Å². The maximum absolute atomic E-state index is 12.2. The Balaban J connectivity index is 2.31. The number of carbonyl (C=O) groups excluding carboxylic acids is 1. The number of nitrogens with zero attached hydrogens (tertiary/aromatic N) is 1. The van der Waals surface area contributed by atoms with E-state index in [2.05, 4.69) is 10.3 Å². The van der Waals surface area contributed by atoms with Crippen LogP contribution in [0.3, 0.4) is 0 Å². The molecule has 0 aliphatic carbocycles. The Hall–Kier alpha value is -1.58. The minimum atomic E-state index is -0.303. The maximum atomic E-state index is 12.2. The summed E-state index contributed by atoms with van der Waals surface area (Å²) in [6.45, 7) is 3.94. The van der Waals surface area contributed by atoms with E-state index in [-0.39, 0.29) is 16.1 Å². The van der Waals surface area contributed by atoms with Crippen molar-refractivity contribution in [2.75, 3.05) is 5.32 Å². The summed E-state index contributed by atoms with van der Waals surface area (Å²) in [6.07, 6.45) is 1.36. The van der Waals surface area contributed by atoms with Crippen molar-refractivity contribution >= 4 is 34.8 Å². The van der Waals surface area contributed by atoms with Crippen molar-refractivity contribution in [2.24, 2.45) is 0 Å². The first kappa shape index (κ1) is 13.8. The van der Waals surface area contributed by atoms with E-state index in [0.717, 1.165) is 16.8 Å². The van der Waals surface area contributed by atoms with E-state index in [1.165, 1.54) is 12.3 Å². The van der Waals surface area contributed by atoms with Gasteiger partial charge in [0.15, 0.2) is 0 Å². The number of aromatic nitrogens is 1. The highest BCUT2D eigenvalue weighted by Crippen LogP contribution is 2.22. The number of nitrogens with one attached hydrogen (secondary N) is 1. The highest BCUT2D eigenvalue weighted by molar-refractivity contribution is 6.35. The monoisotopic (exact) mass is 294 g/mol. The van der Waals surface area contributed by atoms with Crippen LogP contribution >= 0.6 is 23.2 Å². The van der Waals surface area contributed by atoms with Gasteiger partial charge in [-0.15, -0.1) is 0 Å². The molecule has 0 bridgehead atoms. The summed E-state index contributed by atoms with van der Waals surface area (Å²) in [5, 5.41) is 3.33. The molecule has 0 saturated carbocycles. The summed E-state index contributed by atoms with van der Waals surface area (Å²) in [5.41, 5.74) is 3.19. The van der Waals surface area contributed by atoms with Crippen molar-refractivity contribution in [3.63, 3.8) is 0 Å². The highest BCUT2D eigenvalue weighted by atomic mass is 35.5. The van der Waals surface area contributed by atoms with Crippen molar-refractivity contribution in [3.8, 4) is 0 Å². The maximum Gasteiger partial charge on any atom is 0.257 e. The number of hydrogen-bond acceptors (Lipinski definition) is 2. The summed E-state index contributed by atoms with van der Waals surface area (Å²) >= 11 is 11.7. The molecule has 0 radical (unpaired) electrons. The third kappa shape index (κ3) is 3.06. The van der Waals surface area contributed by atoms with Crippen molar-refractivity contribution in [1.82, 2.24) is 4.98 Å². The highest BCUT2D eigenvalue weighted by Gasteiger charge is 2.13. The average molecular weight is 295 g/mol. The molecule has 1 aromatic heterocycles. The summed E-state index contributed by atoms with van der Waals surface area (Å²) in [5.74, 6) is -0.303. The molecule has 5 heteroatoms. The minimum Gasteiger partial charge on any atom is -0.322 e. The molecule has 0 fully saturated rings. The van der Waals surface area contributed by atoms with Crippen molar-refractivity contribution in [2.45, 2.75) is 13.8 Å². The Morgan fingerprint density at radius 2 is 2.00 bits per heavy atom. The van der Waals surface area contributed by atoms with E-state index < -0.39 is 0 Å². The lowest BCUT2D eigenvalue weighted by Gasteiger charge is -2.11. The van der Waals surface area contributed by atoms with Gasteiger partial charge in [0, 0.05) is 11.9 Å². The van der Waals surface area contributed by atoms with Crippen molar-refractivity contribution in [1.29, 1.82) is 0 Å². The van der Waals surface area contributed by atoms with Gasteiger partial charge in [0.25, 0.3) is 5.91 Å². The molecule has 0 unspecified atom stereocenters. The fourth-order valence-corrected chi connectivity index (χ4v) is 2.01. The van der Waals surface area contributed by atoms with Crippen molar-refractivity contribution < 1.29 is 4.79 Å². The number of aryl methyl sites for hydroxylation is 1. The van der Waals surface area contributed by atoms with Gasteiger partial charge in [-0.05, 0) is 37.1 Å². The average Bonchev–Trinajstić information content (AvgIpc) is 2.38. The lowest BCUT2D eigenvalue weighted by atomic mass is 10.1. The summed E-state index contributed by atoms with van der Waals surface area (Å²) in [4.78, 5) is 16.0. The summed E-state index contributed by atoms with van der Waals surface area (Å²) in [6, 6.07) is 7.17. The molecule has 1 N–H and O–H groups in total. The van der Waals surface area contributed by atoms with Crippen LogP contribution in [0.25, 0.3) is 0 Å². The molecule has 1 amide bonds. The van der Waals surface area contributed by atoms with Gasteiger partial charge >= 0.3 is 0 Å². The zero-order chi connectivity index (χ0) is 14.0. The number of halogens is 2. The molecule has 3 nitrogen and oxygen atoms in total. The normalized spacial score (nSPS) is 10.3. The van der Waals surface area contributed by atoms with E-state index in [4.69, 9.17) is 23.2 Å². The second kappa shape index (κ2) is 5.59. The molecule has 1 aromatic carbocycles. The molecule has 2 aromatic rings. The lowest BCUT2D eigenvalue weighted by Crippen LogP contribution is -2.13. The Kier molecular flexibility index (Phi) is 4.08. The molecule has 0 aliphatic heterocycles. The van der Waals surface area contributed by atoms with Crippen LogP contribution in [0.1, 0.15) is 21.5 Å². The van der Waals surface area contributed by atoms with Gasteiger partial charge in [-0.3, -0.25) is 4.79 Å². The van der Waals surface area contributed by atoms with E-state index in [0.29, 0.717) is 5.56 Å². The Labute approximate surface area is 121 Å². The number of benzene rings is 1. The second-order valence-electron chi connectivity index (χ2n) is 4.19. The van der Waals surface area contributed by atoms with E-state index in [1.807, 2.05) is 32.0 Å². The third-order valence-corrected chi connectivity index (χ3v) is 3.43. The predicted molar refractivity (Wildman–Crippen MR) is 78.1 cm³/mol. The first-order valence-electron chi connectivity index (χ1n) is 5.67. The van der Waals surface area contributed by atoms with Gasteiger partial charge in [-0.25, -0.2) is 4.98 Å². The van der Waals surface area contributed by atoms with Gasteiger partial charge in [0.2, 0.25) is 0 Å².